The average molecular weight is 551 g/mol. The molecule has 1 N–H and O–H groups in total. The summed E-state index contributed by atoms with van der Waals surface area (Å²) in [5.74, 6) is 0.225. The molecule has 0 saturated carbocycles. The van der Waals surface area contributed by atoms with Crippen LogP contribution in [0, 0.1) is 0 Å². The molecule has 6 nitrogen and oxygen atoms in total. The van der Waals surface area contributed by atoms with E-state index in [1.54, 1.807) is 41.0 Å². The Balaban J connectivity index is 1.75. The summed E-state index contributed by atoms with van der Waals surface area (Å²) in [6.45, 7) is 1.41. The number of halogens is 4. The molecule has 0 atom stereocenters. The van der Waals surface area contributed by atoms with Crippen LogP contribution < -0.4 is 5.43 Å². The first-order valence-electron chi connectivity index (χ1n) is 9.77. The van der Waals surface area contributed by atoms with Crippen LogP contribution in [0.25, 0.3) is 17.1 Å². The lowest BCUT2D eigenvalue weighted by Crippen LogP contribution is -2.10. The van der Waals surface area contributed by atoms with Crippen LogP contribution in [0.4, 0.5) is 5.69 Å². The first-order valence-corrected chi connectivity index (χ1v) is 12.1. The van der Waals surface area contributed by atoms with Gasteiger partial charge in [-0.05, 0) is 60.3 Å². The van der Waals surface area contributed by atoms with Crippen molar-refractivity contribution in [3.63, 3.8) is 0 Å². The zero-order valence-corrected chi connectivity index (χ0v) is 21.3. The van der Waals surface area contributed by atoms with Crippen LogP contribution in [0.1, 0.15) is 6.92 Å². The molecule has 0 saturated heterocycles. The van der Waals surface area contributed by atoms with E-state index in [-0.39, 0.29) is 10.8 Å². The number of ketones is 1. The summed E-state index contributed by atoms with van der Waals surface area (Å²) in [6.07, 6.45) is 0. The Labute approximate surface area is 219 Å². The molecule has 0 bridgehead atoms. The lowest BCUT2D eigenvalue weighted by Gasteiger charge is -2.12. The topological polar surface area (TPSA) is 72.2 Å². The first kappa shape index (κ1) is 24.6. The number of anilines is 1. The summed E-state index contributed by atoms with van der Waals surface area (Å²) in [4.78, 5) is 12.4. The molecule has 3 aromatic carbocycles. The van der Waals surface area contributed by atoms with Crippen LogP contribution >= 0.6 is 58.2 Å². The second kappa shape index (κ2) is 10.8. The van der Waals surface area contributed by atoms with E-state index in [0.717, 1.165) is 17.4 Å². The predicted octanol–water partition coefficient (Wildman–Crippen LogP) is 7.65. The minimum absolute atomic E-state index is 0.157. The van der Waals surface area contributed by atoms with Crippen molar-refractivity contribution in [2.45, 2.75) is 12.1 Å². The quantitative estimate of drug-likeness (QED) is 0.115. The van der Waals surface area contributed by atoms with Gasteiger partial charge in [-0.3, -0.25) is 14.8 Å². The first-order chi connectivity index (χ1) is 16.3. The van der Waals surface area contributed by atoms with E-state index in [1.165, 1.54) is 6.92 Å². The number of rotatable bonds is 6. The third-order valence-electron chi connectivity index (χ3n) is 4.52. The number of hydrogen-bond acceptors (Lipinski definition) is 6. The van der Waals surface area contributed by atoms with Gasteiger partial charge in [0, 0.05) is 28.2 Å². The molecule has 4 rings (SSSR count). The van der Waals surface area contributed by atoms with Crippen LogP contribution in [-0.4, -0.2) is 25.6 Å². The maximum Gasteiger partial charge on any atom is 0.202 e. The van der Waals surface area contributed by atoms with Crippen molar-refractivity contribution in [1.82, 2.24) is 14.8 Å². The second-order valence-corrected chi connectivity index (χ2v) is 9.56. The molecule has 0 aliphatic carbocycles. The number of para-hydroxylation sites is 1. The van der Waals surface area contributed by atoms with E-state index >= 15 is 0 Å². The van der Waals surface area contributed by atoms with Gasteiger partial charge < -0.3 is 0 Å². The SMILES string of the molecule is CC(=O)/C(=N/Nc1ccc(Cl)cc1Cl)Sc1nnc(-c2ccc(Cl)cc2Cl)n1-c1ccccc1. The fraction of sp³-hybridized carbons (Fsp3) is 0.0435. The largest absolute Gasteiger partial charge is 0.292 e. The number of benzene rings is 3. The number of hydrogen-bond donors (Lipinski definition) is 1. The molecule has 1 heterocycles. The highest BCUT2D eigenvalue weighted by molar-refractivity contribution is 8.15. The van der Waals surface area contributed by atoms with Crippen LogP contribution in [0.5, 0.6) is 0 Å². The van der Waals surface area contributed by atoms with Crippen molar-refractivity contribution in [3.05, 3.63) is 86.8 Å². The zero-order valence-electron chi connectivity index (χ0n) is 17.5. The maximum atomic E-state index is 12.4. The number of aromatic nitrogens is 3. The summed E-state index contributed by atoms with van der Waals surface area (Å²) >= 11 is 25.7. The van der Waals surface area contributed by atoms with Gasteiger partial charge in [-0.2, -0.15) is 5.10 Å². The Morgan fingerprint density at radius 2 is 1.59 bits per heavy atom. The van der Waals surface area contributed by atoms with Gasteiger partial charge >= 0.3 is 0 Å². The molecule has 0 aliphatic heterocycles. The van der Waals surface area contributed by atoms with Crippen molar-refractivity contribution in [1.29, 1.82) is 0 Å². The number of carbonyl (C=O) groups excluding carboxylic acids is 1. The van der Waals surface area contributed by atoms with Gasteiger partial charge in [0.1, 0.15) is 0 Å². The molecular formula is C23H15Cl4N5OS. The average Bonchev–Trinajstić information content (AvgIpc) is 3.21. The van der Waals surface area contributed by atoms with Crippen LogP contribution in [-0.2, 0) is 4.79 Å². The van der Waals surface area contributed by atoms with Gasteiger partial charge in [-0.25, -0.2) is 0 Å². The zero-order chi connectivity index (χ0) is 24.2. The summed E-state index contributed by atoms with van der Waals surface area (Å²) in [6, 6.07) is 19.5. The van der Waals surface area contributed by atoms with Crippen LogP contribution in [0.15, 0.2) is 77.0 Å². The minimum Gasteiger partial charge on any atom is -0.292 e. The van der Waals surface area contributed by atoms with Gasteiger partial charge in [-0.1, -0.05) is 64.6 Å². The van der Waals surface area contributed by atoms with E-state index in [2.05, 4.69) is 20.7 Å². The maximum absolute atomic E-state index is 12.4. The standard InChI is InChI=1S/C23H15Cl4N5OS/c1-13(33)22(30-28-20-10-8-15(25)12-19(20)27)34-23-31-29-21(17-9-7-14(24)11-18(17)26)32(23)16-5-3-2-4-6-16/h2-12,28H,1H3/b30-22-. The summed E-state index contributed by atoms with van der Waals surface area (Å²) in [5.41, 5.74) is 4.75. The number of thioether (sulfide) groups is 1. The molecule has 11 heteroatoms. The smallest absolute Gasteiger partial charge is 0.202 e. The normalized spacial score (nSPS) is 11.5. The third-order valence-corrected chi connectivity index (χ3v) is 6.63. The molecular weight excluding hydrogens is 536 g/mol. The summed E-state index contributed by atoms with van der Waals surface area (Å²) < 4.78 is 1.80. The van der Waals surface area contributed by atoms with Gasteiger partial charge in [-0.15, -0.1) is 10.2 Å². The van der Waals surface area contributed by atoms with E-state index in [4.69, 9.17) is 46.4 Å². The van der Waals surface area contributed by atoms with Gasteiger partial charge in [0.15, 0.2) is 16.7 Å². The molecule has 34 heavy (non-hydrogen) atoms. The fourth-order valence-electron chi connectivity index (χ4n) is 2.94. The Morgan fingerprint density at radius 1 is 0.912 bits per heavy atom. The monoisotopic (exact) mass is 549 g/mol. The van der Waals surface area contributed by atoms with Gasteiger partial charge in [0.05, 0.1) is 15.7 Å². The Bertz CT molecular complexity index is 1390. The van der Waals surface area contributed by atoms with Crippen molar-refractivity contribution in [2.75, 3.05) is 5.43 Å². The van der Waals surface area contributed by atoms with E-state index in [9.17, 15) is 4.79 Å². The Kier molecular flexibility index (Phi) is 7.80. The van der Waals surface area contributed by atoms with Gasteiger partial charge in [0.2, 0.25) is 5.16 Å². The van der Waals surface area contributed by atoms with Crippen LogP contribution in [0.2, 0.25) is 20.1 Å². The lowest BCUT2D eigenvalue weighted by atomic mass is 10.2. The van der Waals surface area contributed by atoms with Crippen molar-refractivity contribution >= 4 is 74.7 Å². The van der Waals surface area contributed by atoms with E-state index in [0.29, 0.717) is 42.3 Å². The molecule has 4 aromatic rings. The number of Topliss-reactive ketones (excluding diaryl/α,β-unsaturated/α-hetero) is 1. The van der Waals surface area contributed by atoms with Crippen molar-refractivity contribution < 1.29 is 4.79 Å². The summed E-state index contributed by atoms with van der Waals surface area (Å²) in [7, 11) is 0. The van der Waals surface area contributed by atoms with E-state index in [1.807, 2.05) is 30.3 Å². The van der Waals surface area contributed by atoms with Gasteiger partial charge in [0.25, 0.3) is 0 Å². The highest BCUT2D eigenvalue weighted by Gasteiger charge is 2.21. The number of nitrogens with one attached hydrogen (secondary N) is 1. The Morgan fingerprint density at radius 3 is 2.24 bits per heavy atom. The van der Waals surface area contributed by atoms with Crippen LogP contribution in [0.3, 0.4) is 0 Å². The third kappa shape index (κ3) is 5.56. The number of carbonyl (C=O) groups is 1. The molecule has 172 valence electrons. The molecule has 0 fully saturated rings. The molecule has 1 aromatic heterocycles. The second-order valence-electron chi connectivity index (χ2n) is 6.91. The highest BCUT2D eigenvalue weighted by atomic mass is 35.5. The molecule has 0 radical (unpaired) electrons. The van der Waals surface area contributed by atoms with Crippen molar-refractivity contribution in [3.8, 4) is 17.1 Å². The van der Waals surface area contributed by atoms with Crippen molar-refractivity contribution in [2.24, 2.45) is 5.10 Å². The predicted molar refractivity (Wildman–Crippen MR) is 141 cm³/mol. The number of nitrogens with zero attached hydrogens (tertiary/aromatic N) is 4. The molecule has 0 unspecified atom stereocenters. The Hall–Kier alpha value is -2.55. The highest BCUT2D eigenvalue weighted by Crippen LogP contribution is 2.34. The molecule has 0 amide bonds. The minimum atomic E-state index is -0.267. The molecule has 0 spiro atoms. The number of hydrazone groups is 1. The summed E-state index contributed by atoms with van der Waals surface area (Å²) in [5, 5.41) is 15.3. The molecule has 0 aliphatic rings. The van der Waals surface area contributed by atoms with E-state index < -0.39 is 0 Å². The lowest BCUT2D eigenvalue weighted by molar-refractivity contribution is -0.110. The fourth-order valence-corrected chi connectivity index (χ4v) is 4.66.